The Bertz CT molecular complexity index is 614. The van der Waals surface area contributed by atoms with Gasteiger partial charge in [0.1, 0.15) is 11.8 Å². The summed E-state index contributed by atoms with van der Waals surface area (Å²) in [7, 11) is 0. The molecule has 124 valence electrons. The molecule has 2 rings (SSSR count). The first kappa shape index (κ1) is 17.0. The van der Waals surface area contributed by atoms with Gasteiger partial charge in [0.15, 0.2) is 11.9 Å². The highest BCUT2D eigenvalue weighted by atomic mass is 16.5. The average Bonchev–Trinajstić information content (AvgIpc) is 2.54. The Morgan fingerprint density at radius 3 is 2.83 bits per heavy atom. The molecule has 1 aliphatic heterocycles. The van der Waals surface area contributed by atoms with E-state index in [1.165, 1.54) is 6.92 Å². The van der Waals surface area contributed by atoms with Crippen LogP contribution in [0.5, 0.6) is 5.75 Å². The molecule has 0 spiro atoms. The fourth-order valence-corrected chi connectivity index (χ4v) is 2.66. The van der Waals surface area contributed by atoms with Crippen molar-refractivity contribution in [2.24, 2.45) is 0 Å². The lowest BCUT2D eigenvalue weighted by molar-refractivity contribution is -0.148. The first-order valence-electron chi connectivity index (χ1n) is 7.80. The molecule has 1 heterocycles. The van der Waals surface area contributed by atoms with E-state index in [1.807, 2.05) is 6.92 Å². The molecule has 0 saturated carbocycles. The standard InChI is InChI=1S/C17H22N2O4/c1-4-15-16(21)18-8-9-19(15)17(22)12(3)23-14-7-5-6-13(10-14)11(2)20/h5-7,10,12,15H,4,8-9H2,1-3H3,(H,18,21). The van der Waals surface area contributed by atoms with E-state index in [0.29, 0.717) is 30.8 Å². The number of benzene rings is 1. The molecule has 0 aromatic heterocycles. The summed E-state index contributed by atoms with van der Waals surface area (Å²) in [6, 6.07) is 6.28. The summed E-state index contributed by atoms with van der Waals surface area (Å²) < 4.78 is 5.67. The molecule has 1 N–H and O–H groups in total. The number of amides is 2. The molecule has 1 aliphatic rings. The molecule has 1 aromatic rings. The van der Waals surface area contributed by atoms with Crippen LogP contribution in [0.15, 0.2) is 24.3 Å². The Balaban J connectivity index is 2.09. The average molecular weight is 318 g/mol. The number of piperazine rings is 1. The number of ketones is 1. The first-order valence-corrected chi connectivity index (χ1v) is 7.80. The lowest BCUT2D eigenvalue weighted by Gasteiger charge is -2.36. The second-order valence-electron chi connectivity index (χ2n) is 5.59. The predicted molar refractivity (Wildman–Crippen MR) is 85.3 cm³/mol. The molecule has 6 nitrogen and oxygen atoms in total. The van der Waals surface area contributed by atoms with E-state index in [4.69, 9.17) is 4.74 Å². The van der Waals surface area contributed by atoms with Crippen molar-refractivity contribution < 1.29 is 19.1 Å². The summed E-state index contributed by atoms with van der Waals surface area (Å²) in [6.07, 6.45) is -0.165. The van der Waals surface area contributed by atoms with Crippen LogP contribution in [0.25, 0.3) is 0 Å². The summed E-state index contributed by atoms with van der Waals surface area (Å²) in [4.78, 5) is 37.4. The number of nitrogens with zero attached hydrogens (tertiary/aromatic N) is 1. The topological polar surface area (TPSA) is 75.7 Å². The van der Waals surface area contributed by atoms with Gasteiger partial charge in [-0.2, -0.15) is 0 Å². The maximum absolute atomic E-state index is 12.6. The van der Waals surface area contributed by atoms with E-state index in [9.17, 15) is 14.4 Å². The number of Topliss-reactive ketones (excluding diaryl/α,β-unsaturated/α-hetero) is 1. The number of nitrogens with one attached hydrogen (secondary N) is 1. The molecule has 23 heavy (non-hydrogen) atoms. The van der Waals surface area contributed by atoms with Crippen molar-refractivity contribution in [3.05, 3.63) is 29.8 Å². The zero-order chi connectivity index (χ0) is 17.0. The van der Waals surface area contributed by atoms with Crippen molar-refractivity contribution in [2.75, 3.05) is 13.1 Å². The Labute approximate surface area is 135 Å². The van der Waals surface area contributed by atoms with Crippen LogP contribution < -0.4 is 10.1 Å². The second-order valence-corrected chi connectivity index (χ2v) is 5.59. The quantitative estimate of drug-likeness (QED) is 0.833. The van der Waals surface area contributed by atoms with Crippen LogP contribution in [-0.2, 0) is 9.59 Å². The number of rotatable bonds is 5. The van der Waals surface area contributed by atoms with E-state index in [-0.39, 0.29) is 17.6 Å². The third kappa shape index (κ3) is 3.88. The summed E-state index contributed by atoms with van der Waals surface area (Å²) in [6.45, 7) is 5.93. The summed E-state index contributed by atoms with van der Waals surface area (Å²) >= 11 is 0. The molecular formula is C17H22N2O4. The van der Waals surface area contributed by atoms with Crippen LogP contribution in [-0.4, -0.2) is 47.7 Å². The third-order valence-electron chi connectivity index (χ3n) is 3.90. The zero-order valence-electron chi connectivity index (χ0n) is 13.7. The van der Waals surface area contributed by atoms with Crippen LogP contribution >= 0.6 is 0 Å². The fraction of sp³-hybridized carbons (Fsp3) is 0.471. The molecule has 2 atom stereocenters. The monoisotopic (exact) mass is 318 g/mol. The van der Waals surface area contributed by atoms with Gasteiger partial charge in [-0.15, -0.1) is 0 Å². The minimum Gasteiger partial charge on any atom is -0.481 e. The van der Waals surface area contributed by atoms with Crippen LogP contribution in [0, 0.1) is 0 Å². The normalized spacial score (nSPS) is 19.0. The number of carbonyl (C=O) groups excluding carboxylic acids is 3. The van der Waals surface area contributed by atoms with E-state index in [2.05, 4.69) is 5.32 Å². The summed E-state index contributed by atoms with van der Waals surface area (Å²) in [5.41, 5.74) is 0.533. The molecule has 1 saturated heterocycles. The molecule has 0 bridgehead atoms. The number of hydrogen-bond acceptors (Lipinski definition) is 4. The van der Waals surface area contributed by atoms with E-state index in [1.54, 1.807) is 36.1 Å². The van der Waals surface area contributed by atoms with Gasteiger partial charge in [0.2, 0.25) is 5.91 Å². The van der Waals surface area contributed by atoms with E-state index in [0.717, 1.165) is 0 Å². The van der Waals surface area contributed by atoms with Gasteiger partial charge in [-0.1, -0.05) is 19.1 Å². The lowest BCUT2D eigenvalue weighted by Crippen LogP contribution is -2.59. The predicted octanol–water partition coefficient (Wildman–Crippen LogP) is 1.39. The van der Waals surface area contributed by atoms with Crippen LogP contribution in [0.4, 0.5) is 0 Å². The lowest BCUT2D eigenvalue weighted by atomic mass is 10.1. The van der Waals surface area contributed by atoms with Crippen LogP contribution in [0.3, 0.4) is 0 Å². The van der Waals surface area contributed by atoms with Crippen LogP contribution in [0.2, 0.25) is 0 Å². The molecule has 0 aliphatic carbocycles. The van der Waals surface area contributed by atoms with Gasteiger partial charge in [0, 0.05) is 18.7 Å². The van der Waals surface area contributed by atoms with Gasteiger partial charge in [-0.3, -0.25) is 14.4 Å². The highest BCUT2D eigenvalue weighted by Crippen LogP contribution is 2.18. The van der Waals surface area contributed by atoms with Crippen molar-refractivity contribution >= 4 is 17.6 Å². The molecule has 1 fully saturated rings. The van der Waals surface area contributed by atoms with Crippen molar-refractivity contribution in [3.8, 4) is 5.75 Å². The maximum Gasteiger partial charge on any atom is 0.264 e. The number of hydrogen-bond donors (Lipinski definition) is 1. The fourth-order valence-electron chi connectivity index (χ4n) is 2.66. The minimum atomic E-state index is -0.725. The molecule has 1 aromatic carbocycles. The minimum absolute atomic E-state index is 0.0619. The highest BCUT2D eigenvalue weighted by Gasteiger charge is 2.34. The smallest absolute Gasteiger partial charge is 0.264 e. The zero-order valence-corrected chi connectivity index (χ0v) is 13.7. The van der Waals surface area contributed by atoms with E-state index >= 15 is 0 Å². The van der Waals surface area contributed by atoms with Gasteiger partial charge in [0.25, 0.3) is 5.91 Å². The van der Waals surface area contributed by atoms with Gasteiger partial charge in [-0.05, 0) is 32.4 Å². The molecule has 6 heteroatoms. The number of carbonyl (C=O) groups is 3. The second kappa shape index (κ2) is 7.26. The Hall–Kier alpha value is -2.37. The van der Waals surface area contributed by atoms with Crippen molar-refractivity contribution in [2.45, 2.75) is 39.3 Å². The Morgan fingerprint density at radius 1 is 1.43 bits per heavy atom. The maximum atomic E-state index is 12.6. The van der Waals surface area contributed by atoms with Gasteiger partial charge in [0.05, 0.1) is 0 Å². The highest BCUT2D eigenvalue weighted by molar-refractivity contribution is 5.94. The van der Waals surface area contributed by atoms with Gasteiger partial charge < -0.3 is 15.0 Å². The molecule has 2 unspecified atom stereocenters. The van der Waals surface area contributed by atoms with Crippen molar-refractivity contribution in [1.82, 2.24) is 10.2 Å². The largest absolute Gasteiger partial charge is 0.481 e. The third-order valence-corrected chi connectivity index (χ3v) is 3.90. The molecular weight excluding hydrogens is 296 g/mol. The Morgan fingerprint density at radius 2 is 2.17 bits per heavy atom. The summed E-state index contributed by atoms with van der Waals surface area (Å²) in [5, 5.41) is 2.77. The molecule has 2 amide bonds. The first-order chi connectivity index (χ1) is 10.9. The van der Waals surface area contributed by atoms with Gasteiger partial charge in [-0.25, -0.2) is 0 Å². The van der Waals surface area contributed by atoms with Crippen molar-refractivity contribution in [3.63, 3.8) is 0 Å². The van der Waals surface area contributed by atoms with Crippen LogP contribution in [0.1, 0.15) is 37.6 Å². The SMILES string of the molecule is CCC1C(=O)NCCN1C(=O)C(C)Oc1cccc(C(C)=O)c1. The molecule has 0 radical (unpaired) electrons. The van der Waals surface area contributed by atoms with Gasteiger partial charge >= 0.3 is 0 Å². The Kier molecular flexibility index (Phi) is 5.36. The summed E-state index contributed by atoms with van der Waals surface area (Å²) in [5.74, 6) is 0.0547. The van der Waals surface area contributed by atoms with E-state index < -0.39 is 12.1 Å². The number of ether oxygens (including phenoxy) is 1. The van der Waals surface area contributed by atoms with Crippen molar-refractivity contribution in [1.29, 1.82) is 0 Å².